The molecule has 1 heterocycles. The fourth-order valence-corrected chi connectivity index (χ4v) is 2.99. The molecule has 0 radical (unpaired) electrons. The van der Waals surface area contributed by atoms with E-state index in [0.717, 1.165) is 5.69 Å². The van der Waals surface area contributed by atoms with Gasteiger partial charge in [0.1, 0.15) is 5.69 Å². The van der Waals surface area contributed by atoms with Crippen LogP contribution in [0.25, 0.3) is 0 Å². The Labute approximate surface area is 147 Å². The highest BCUT2D eigenvalue weighted by atomic mass is 16.2. The summed E-state index contributed by atoms with van der Waals surface area (Å²) in [5.74, 6) is -0.394. The average molecular weight is 338 g/mol. The minimum Gasteiger partial charge on any atom is -0.382 e. The Morgan fingerprint density at radius 1 is 0.960 bits per heavy atom. The van der Waals surface area contributed by atoms with E-state index in [-0.39, 0.29) is 11.8 Å². The molecule has 1 fully saturated rings. The minimum atomic E-state index is -0.262. The van der Waals surface area contributed by atoms with Gasteiger partial charge < -0.3 is 16.0 Å². The van der Waals surface area contributed by atoms with E-state index >= 15 is 0 Å². The number of rotatable bonds is 5. The highest BCUT2D eigenvalue weighted by Gasteiger charge is 2.15. The normalized spacial score (nSPS) is 14.1. The van der Waals surface area contributed by atoms with Gasteiger partial charge in [-0.15, -0.1) is 0 Å². The summed E-state index contributed by atoms with van der Waals surface area (Å²) in [5, 5.41) is 8.97. The maximum atomic E-state index is 12.4. The fraction of sp³-hybridized carbons (Fsp3) is 0.316. The molecule has 1 saturated carbocycles. The summed E-state index contributed by atoms with van der Waals surface area (Å²) in [7, 11) is 0. The lowest BCUT2D eigenvalue weighted by Crippen LogP contribution is -2.17. The molecule has 0 spiro atoms. The number of hydrogen-bond donors (Lipinski definition) is 3. The molecule has 25 heavy (non-hydrogen) atoms. The summed E-state index contributed by atoms with van der Waals surface area (Å²) in [6, 6.07) is 11.1. The monoisotopic (exact) mass is 338 g/mol. The second-order valence-corrected chi connectivity index (χ2v) is 6.27. The molecule has 6 nitrogen and oxygen atoms in total. The van der Waals surface area contributed by atoms with Crippen molar-refractivity contribution in [3.8, 4) is 0 Å². The lowest BCUT2D eigenvalue weighted by Gasteiger charge is -2.14. The molecule has 0 atom stereocenters. The Hall–Kier alpha value is -2.89. The van der Waals surface area contributed by atoms with Gasteiger partial charge in [-0.25, -0.2) is 0 Å². The summed E-state index contributed by atoms with van der Waals surface area (Å²) >= 11 is 0. The van der Waals surface area contributed by atoms with Crippen LogP contribution in [-0.4, -0.2) is 22.8 Å². The largest absolute Gasteiger partial charge is 0.382 e. The number of carbonyl (C=O) groups is 2. The lowest BCUT2D eigenvalue weighted by atomic mass is 10.2. The van der Waals surface area contributed by atoms with Gasteiger partial charge >= 0.3 is 0 Å². The number of benzene rings is 1. The van der Waals surface area contributed by atoms with Crippen LogP contribution < -0.4 is 16.0 Å². The van der Waals surface area contributed by atoms with Gasteiger partial charge in [0.25, 0.3) is 5.91 Å². The van der Waals surface area contributed by atoms with Crippen molar-refractivity contribution in [3.63, 3.8) is 0 Å². The molecule has 0 unspecified atom stereocenters. The number of hydrogen-bond acceptors (Lipinski definition) is 4. The summed E-state index contributed by atoms with van der Waals surface area (Å²) in [6.45, 7) is 1.45. The van der Waals surface area contributed by atoms with Crippen molar-refractivity contribution < 1.29 is 9.59 Å². The highest BCUT2D eigenvalue weighted by molar-refractivity contribution is 6.03. The summed E-state index contributed by atoms with van der Waals surface area (Å²) in [5.41, 5.74) is 2.63. The van der Waals surface area contributed by atoms with Crippen molar-refractivity contribution in [2.45, 2.75) is 38.6 Å². The van der Waals surface area contributed by atoms with Crippen LogP contribution in [0, 0.1) is 0 Å². The molecule has 1 aliphatic carbocycles. The first-order valence-corrected chi connectivity index (χ1v) is 8.52. The van der Waals surface area contributed by atoms with Gasteiger partial charge in [0.15, 0.2) is 0 Å². The SMILES string of the molecule is CC(=O)Nc1ccc(NC(=O)c2cc(NC3CCCC3)ccn2)cc1. The van der Waals surface area contributed by atoms with Crippen molar-refractivity contribution in [2.24, 2.45) is 0 Å². The van der Waals surface area contributed by atoms with Crippen LogP contribution >= 0.6 is 0 Å². The third-order valence-electron chi connectivity index (χ3n) is 4.18. The van der Waals surface area contributed by atoms with Gasteiger partial charge in [-0.05, 0) is 49.2 Å². The zero-order chi connectivity index (χ0) is 17.6. The van der Waals surface area contributed by atoms with E-state index in [1.807, 2.05) is 6.07 Å². The molecule has 3 N–H and O–H groups in total. The van der Waals surface area contributed by atoms with Crippen LogP contribution in [0.2, 0.25) is 0 Å². The van der Waals surface area contributed by atoms with Crippen LogP contribution in [-0.2, 0) is 4.79 Å². The quantitative estimate of drug-likeness (QED) is 0.777. The smallest absolute Gasteiger partial charge is 0.274 e. The van der Waals surface area contributed by atoms with Gasteiger partial charge in [0.2, 0.25) is 5.91 Å². The van der Waals surface area contributed by atoms with Gasteiger partial charge in [-0.3, -0.25) is 14.6 Å². The van der Waals surface area contributed by atoms with Crippen LogP contribution in [0.5, 0.6) is 0 Å². The van der Waals surface area contributed by atoms with E-state index in [9.17, 15) is 9.59 Å². The first-order valence-electron chi connectivity index (χ1n) is 8.52. The van der Waals surface area contributed by atoms with Gasteiger partial charge in [0.05, 0.1) is 0 Å². The zero-order valence-electron chi connectivity index (χ0n) is 14.2. The van der Waals surface area contributed by atoms with Crippen LogP contribution in [0.1, 0.15) is 43.1 Å². The Morgan fingerprint density at radius 2 is 1.60 bits per heavy atom. The maximum Gasteiger partial charge on any atom is 0.274 e. The van der Waals surface area contributed by atoms with Gasteiger partial charge in [0, 0.05) is 36.2 Å². The molecular formula is C19H22N4O2. The molecule has 2 aromatic rings. The molecule has 1 aliphatic rings. The Bertz CT molecular complexity index is 752. The van der Waals surface area contributed by atoms with Crippen molar-refractivity contribution in [1.29, 1.82) is 0 Å². The van der Waals surface area contributed by atoms with Crippen molar-refractivity contribution in [2.75, 3.05) is 16.0 Å². The molecule has 0 bridgehead atoms. The summed E-state index contributed by atoms with van der Waals surface area (Å²) in [4.78, 5) is 27.6. The van der Waals surface area contributed by atoms with Gasteiger partial charge in [-0.1, -0.05) is 12.8 Å². The van der Waals surface area contributed by atoms with E-state index in [1.165, 1.54) is 32.6 Å². The predicted octanol–water partition coefficient (Wildman–Crippen LogP) is 3.65. The average Bonchev–Trinajstić information content (AvgIpc) is 3.09. The molecular weight excluding hydrogens is 316 g/mol. The molecule has 6 heteroatoms. The number of aromatic nitrogens is 1. The second-order valence-electron chi connectivity index (χ2n) is 6.27. The predicted molar refractivity (Wildman–Crippen MR) is 98.8 cm³/mol. The van der Waals surface area contributed by atoms with Crippen molar-refractivity contribution in [3.05, 3.63) is 48.3 Å². The molecule has 130 valence electrons. The third kappa shape index (κ3) is 4.79. The Kier molecular flexibility index (Phi) is 5.28. The molecule has 3 rings (SSSR count). The van der Waals surface area contributed by atoms with E-state index in [0.29, 0.717) is 23.1 Å². The molecule has 1 aromatic heterocycles. The van der Waals surface area contributed by atoms with E-state index < -0.39 is 0 Å². The van der Waals surface area contributed by atoms with E-state index in [1.54, 1.807) is 36.5 Å². The summed E-state index contributed by atoms with van der Waals surface area (Å²) < 4.78 is 0. The number of anilines is 3. The Morgan fingerprint density at radius 3 is 2.24 bits per heavy atom. The minimum absolute atomic E-state index is 0.132. The van der Waals surface area contributed by atoms with Crippen molar-refractivity contribution in [1.82, 2.24) is 4.98 Å². The summed E-state index contributed by atoms with van der Waals surface area (Å²) in [6.07, 6.45) is 6.50. The molecule has 1 aromatic carbocycles. The number of nitrogens with one attached hydrogen (secondary N) is 3. The van der Waals surface area contributed by atoms with E-state index in [4.69, 9.17) is 0 Å². The second kappa shape index (κ2) is 7.79. The topological polar surface area (TPSA) is 83.1 Å². The van der Waals surface area contributed by atoms with Crippen LogP contribution in [0.3, 0.4) is 0 Å². The molecule has 0 aliphatic heterocycles. The van der Waals surface area contributed by atoms with Crippen LogP contribution in [0.15, 0.2) is 42.6 Å². The van der Waals surface area contributed by atoms with Crippen LogP contribution in [0.4, 0.5) is 17.1 Å². The third-order valence-corrected chi connectivity index (χ3v) is 4.18. The lowest BCUT2D eigenvalue weighted by molar-refractivity contribution is -0.114. The van der Waals surface area contributed by atoms with Gasteiger partial charge in [-0.2, -0.15) is 0 Å². The number of nitrogens with zero attached hydrogens (tertiary/aromatic N) is 1. The maximum absolute atomic E-state index is 12.4. The van der Waals surface area contributed by atoms with E-state index in [2.05, 4.69) is 20.9 Å². The number of pyridine rings is 1. The first-order chi connectivity index (χ1) is 12.1. The number of carbonyl (C=O) groups excluding carboxylic acids is 2. The first kappa shape index (κ1) is 17.0. The number of amides is 2. The Balaban J connectivity index is 1.63. The zero-order valence-corrected chi connectivity index (χ0v) is 14.2. The fourth-order valence-electron chi connectivity index (χ4n) is 2.99. The molecule has 0 saturated heterocycles. The highest BCUT2D eigenvalue weighted by Crippen LogP contribution is 2.22. The molecule has 2 amide bonds. The standard InChI is InChI=1S/C19H22N4O2/c1-13(24)21-15-6-8-16(9-7-15)23-19(25)18-12-17(10-11-20-18)22-14-4-2-3-5-14/h6-12,14H,2-5H2,1H3,(H,20,22)(H,21,24)(H,23,25). The van der Waals surface area contributed by atoms with Crippen molar-refractivity contribution >= 4 is 28.9 Å².